The van der Waals surface area contributed by atoms with E-state index in [9.17, 15) is 0 Å². The van der Waals surface area contributed by atoms with Crippen molar-refractivity contribution in [2.75, 3.05) is 19.8 Å². The van der Waals surface area contributed by atoms with E-state index in [1.807, 2.05) is 12.1 Å². The van der Waals surface area contributed by atoms with Crippen molar-refractivity contribution in [3.05, 3.63) is 23.8 Å². The standard InChI is InChI=1S/C12H15NO2.ClH/c1-3-9(10-4-2-6-13-10)12-11(5-1)14-7-8-15-12;/h1,3,5,10,13H,2,4,6-8H2;1H/t10-;/m0./s1. The largest absolute Gasteiger partial charge is 0.486 e. The number of benzene rings is 1. The van der Waals surface area contributed by atoms with E-state index in [0.29, 0.717) is 19.3 Å². The van der Waals surface area contributed by atoms with Gasteiger partial charge in [0, 0.05) is 11.6 Å². The molecule has 0 aliphatic carbocycles. The average Bonchev–Trinajstić information content (AvgIpc) is 2.82. The molecule has 0 bridgehead atoms. The highest BCUT2D eigenvalue weighted by Crippen LogP contribution is 2.39. The number of halogens is 1. The van der Waals surface area contributed by atoms with Gasteiger partial charge in [-0.3, -0.25) is 0 Å². The van der Waals surface area contributed by atoms with Crippen LogP contribution in [0.2, 0.25) is 0 Å². The zero-order chi connectivity index (χ0) is 10.1. The molecule has 88 valence electrons. The second-order valence-electron chi connectivity index (χ2n) is 4.02. The normalized spacial score (nSPS) is 22.6. The molecule has 0 amide bonds. The molecular formula is C12H16ClNO2. The van der Waals surface area contributed by atoms with E-state index in [0.717, 1.165) is 18.0 Å². The van der Waals surface area contributed by atoms with Crippen LogP contribution >= 0.6 is 12.4 Å². The van der Waals surface area contributed by atoms with E-state index in [4.69, 9.17) is 9.47 Å². The topological polar surface area (TPSA) is 30.5 Å². The van der Waals surface area contributed by atoms with Crippen LogP contribution in [0.25, 0.3) is 0 Å². The van der Waals surface area contributed by atoms with Crippen molar-refractivity contribution in [3.63, 3.8) is 0 Å². The van der Waals surface area contributed by atoms with Crippen LogP contribution in [-0.2, 0) is 0 Å². The number of hydrogen-bond donors (Lipinski definition) is 1. The molecule has 0 saturated carbocycles. The van der Waals surface area contributed by atoms with E-state index >= 15 is 0 Å². The summed E-state index contributed by atoms with van der Waals surface area (Å²) in [4.78, 5) is 0. The first-order valence-electron chi connectivity index (χ1n) is 5.57. The summed E-state index contributed by atoms with van der Waals surface area (Å²) >= 11 is 0. The van der Waals surface area contributed by atoms with Crippen molar-refractivity contribution < 1.29 is 9.47 Å². The Kier molecular flexibility index (Phi) is 3.56. The van der Waals surface area contributed by atoms with Crippen LogP contribution in [0.5, 0.6) is 11.5 Å². The van der Waals surface area contributed by atoms with E-state index in [2.05, 4.69) is 11.4 Å². The predicted molar refractivity (Wildman–Crippen MR) is 64.7 cm³/mol. The van der Waals surface area contributed by atoms with Crippen LogP contribution in [0.3, 0.4) is 0 Å². The smallest absolute Gasteiger partial charge is 0.166 e. The molecule has 0 radical (unpaired) electrons. The van der Waals surface area contributed by atoms with E-state index in [1.165, 1.54) is 18.4 Å². The third kappa shape index (κ3) is 1.97. The first-order chi connectivity index (χ1) is 7.45. The fraction of sp³-hybridized carbons (Fsp3) is 0.500. The SMILES string of the molecule is Cl.c1cc2c(c([C@@H]3CCCN3)c1)OCCO2. The minimum absolute atomic E-state index is 0. The van der Waals surface area contributed by atoms with Crippen LogP contribution in [0.15, 0.2) is 18.2 Å². The van der Waals surface area contributed by atoms with Crippen molar-refractivity contribution >= 4 is 12.4 Å². The zero-order valence-corrected chi connectivity index (χ0v) is 9.89. The highest BCUT2D eigenvalue weighted by atomic mass is 35.5. The summed E-state index contributed by atoms with van der Waals surface area (Å²) in [5, 5.41) is 3.49. The summed E-state index contributed by atoms with van der Waals surface area (Å²) in [6.45, 7) is 2.43. The van der Waals surface area contributed by atoms with Crippen LogP contribution in [0, 0.1) is 0 Å². The van der Waals surface area contributed by atoms with Crippen LogP contribution < -0.4 is 14.8 Å². The molecule has 3 rings (SSSR count). The van der Waals surface area contributed by atoms with Crippen molar-refractivity contribution in [1.29, 1.82) is 0 Å². The fourth-order valence-corrected chi connectivity index (χ4v) is 2.32. The fourth-order valence-electron chi connectivity index (χ4n) is 2.32. The third-order valence-corrected chi connectivity index (χ3v) is 3.03. The first-order valence-corrected chi connectivity index (χ1v) is 5.57. The number of hydrogen-bond acceptors (Lipinski definition) is 3. The number of ether oxygens (including phenoxy) is 2. The summed E-state index contributed by atoms with van der Waals surface area (Å²) in [5.41, 5.74) is 1.25. The summed E-state index contributed by atoms with van der Waals surface area (Å²) in [5.74, 6) is 1.84. The van der Waals surface area contributed by atoms with Crippen LogP contribution in [0.4, 0.5) is 0 Å². The lowest BCUT2D eigenvalue weighted by Gasteiger charge is -2.23. The Balaban J connectivity index is 0.000000963. The molecule has 2 aliphatic rings. The summed E-state index contributed by atoms with van der Waals surface area (Å²) in [6.07, 6.45) is 2.44. The van der Waals surface area contributed by atoms with Gasteiger partial charge in [0.1, 0.15) is 13.2 Å². The lowest BCUT2D eigenvalue weighted by Crippen LogP contribution is -2.19. The number of rotatable bonds is 1. The molecule has 1 atom stereocenters. The molecule has 2 heterocycles. The maximum atomic E-state index is 5.70. The maximum absolute atomic E-state index is 5.70. The van der Waals surface area contributed by atoms with Gasteiger partial charge in [-0.15, -0.1) is 12.4 Å². The molecule has 1 aromatic carbocycles. The lowest BCUT2D eigenvalue weighted by atomic mass is 10.0. The van der Waals surface area contributed by atoms with Gasteiger partial charge in [0.05, 0.1) is 0 Å². The Bertz CT molecular complexity index is 364. The molecule has 1 saturated heterocycles. The molecular weight excluding hydrogens is 226 g/mol. The van der Waals surface area contributed by atoms with Gasteiger partial charge in [-0.2, -0.15) is 0 Å². The molecule has 0 spiro atoms. The number of fused-ring (bicyclic) bond motifs is 1. The highest BCUT2D eigenvalue weighted by Gasteiger charge is 2.23. The van der Waals surface area contributed by atoms with Gasteiger partial charge in [0.2, 0.25) is 0 Å². The maximum Gasteiger partial charge on any atom is 0.166 e. The van der Waals surface area contributed by atoms with Crippen molar-refractivity contribution in [2.24, 2.45) is 0 Å². The Morgan fingerprint density at radius 1 is 1.19 bits per heavy atom. The molecule has 0 aromatic heterocycles. The van der Waals surface area contributed by atoms with Crippen molar-refractivity contribution in [1.82, 2.24) is 5.32 Å². The van der Waals surface area contributed by atoms with Crippen LogP contribution in [0.1, 0.15) is 24.4 Å². The Morgan fingerprint density at radius 2 is 2.06 bits per heavy atom. The minimum atomic E-state index is 0. The molecule has 4 heteroatoms. The van der Waals surface area contributed by atoms with Gasteiger partial charge < -0.3 is 14.8 Å². The molecule has 1 fully saturated rings. The van der Waals surface area contributed by atoms with Crippen LogP contribution in [-0.4, -0.2) is 19.8 Å². The second kappa shape index (κ2) is 4.93. The lowest BCUT2D eigenvalue weighted by molar-refractivity contribution is 0.169. The van der Waals surface area contributed by atoms with E-state index in [1.54, 1.807) is 0 Å². The molecule has 2 aliphatic heterocycles. The van der Waals surface area contributed by atoms with Gasteiger partial charge in [0.15, 0.2) is 11.5 Å². The summed E-state index contributed by atoms with van der Waals surface area (Å²) in [6, 6.07) is 6.60. The Hall–Kier alpha value is -0.930. The van der Waals surface area contributed by atoms with Gasteiger partial charge in [-0.25, -0.2) is 0 Å². The van der Waals surface area contributed by atoms with Gasteiger partial charge in [-0.1, -0.05) is 12.1 Å². The second-order valence-corrected chi connectivity index (χ2v) is 4.02. The predicted octanol–water partition coefficient (Wildman–Crippen LogP) is 2.30. The van der Waals surface area contributed by atoms with E-state index in [-0.39, 0.29) is 12.4 Å². The zero-order valence-electron chi connectivity index (χ0n) is 9.07. The van der Waals surface area contributed by atoms with E-state index < -0.39 is 0 Å². The Morgan fingerprint density at radius 3 is 2.88 bits per heavy atom. The van der Waals surface area contributed by atoms with Crippen molar-refractivity contribution in [2.45, 2.75) is 18.9 Å². The molecule has 1 N–H and O–H groups in total. The number of nitrogens with one attached hydrogen (secondary N) is 1. The number of para-hydroxylation sites is 1. The molecule has 3 nitrogen and oxygen atoms in total. The molecule has 0 unspecified atom stereocenters. The molecule has 1 aromatic rings. The summed E-state index contributed by atoms with van der Waals surface area (Å²) < 4.78 is 11.3. The van der Waals surface area contributed by atoms with Gasteiger partial charge in [0.25, 0.3) is 0 Å². The summed E-state index contributed by atoms with van der Waals surface area (Å²) in [7, 11) is 0. The quantitative estimate of drug-likeness (QED) is 0.819. The first kappa shape index (κ1) is 11.6. The van der Waals surface area contributed by atoms with Gasteiger partial charge >= 0.3 is 0 Å². The monoisotopic (exact) mass is 241 g/mol. The minimum Gasteiger partial charge on any atom is -0.486 e. The average molecular weight is 242 g/mol. The highest BCUT2D eigenvalue weighted by molar-refractivity contribution is 5.85. The third-order valence-electron chi connectivity index (χ3n) is 3.03. The Labute approximate surface area is 102 Å². The van der Waals surface area contributed by atoms with Crippen molar-refractivity contribution in [3.8, 4) is 11.5 Å². The molecule has 16 heavy (non-hydrogen) atoms. The van der Waals surface area contributed by atoms with Gasteiger partial charge in [-0.05, 0) is 25.5 Å².